The third-order valence-corrected chi connectivity index (χ3v) is 5.86. The molecular weight excluding hydrogens is 296 g/mol. The largest absolute Gasteiger partial charge is 0.391 e. The number of aliphatic hydroxyl groups excluding tert-OH is 1. The second-order valence-electron chi connectivity index (χ2n) is 6.24. The van der Waals surface area contributed by atoms with Crippen LogP contribution >= 0.6 is 11.8 Å². The summed E-state index contributed by atoms with van der Waals surface area (Å²) in [7, 11) is 0. The number of aliphatic hydroxyl groups is 1. The molecule has 0 unspecified atom stereocenters. The lowest BCUT2D eigenvalue weighted by atomic mass is 10.2. The van der Waals surface area contributed by atoms with E-state index in [0.29, 0.717) is 19.5 Å². The molecule has 1 aliphatic carbocycles. The topological polar surface area (TPSA) is 52.6 Å². The summed E-state index contributed by atoms with van der Waals surface area (Å²) in [6, 6.07) is 7.99. The molecule has 1 saturated carbocycles. The summed E-state index contributed by atoms with van der Waals surface area (Å²) in [6.07, 6.45) is 5.73. The molecule has 1 aliphatic heterocycles. The van der Waals surface area contributed by atoms with Gasteiger partial charge in [-0.2, -0.15) is 11.8 Å². The van der Waals surface area contributed by atoms with Crippen LogP contribution in [0, 0.1) is 0 Å². The monoisotopic (exact) mass is 320 g/mol. The number of benzene rings is 1. The number of rotatable bonds is 4. The van der Waals surface area contributed by atoms with E-state index in [0.717, 1.165) is 16.7 Å². The van der Waals surface area contributed by atoms with E-state index in [1.54, 1.807) is 4.90 Å². The Bertz CT molecular complexity index is 517. The minimum Gasteiger partial charge on any atom is -0.391 e. The summed E-state index contributed by atoms with van der Waals surface area (Å²) in [5.74, 6) is 1.01. The molecule has 1 heterocycles. The first-order chi connectivity index (χ1) is 10.7. The number of nitrogens with one attached hydrogen (secondary N) is 1. The van der Waals surface area contributed by atoms with Crippen LogP contribution < -0.4 is 5.32 Å². The van der Waals surface area contributed by atoms with Crippen LogP contribution in [0.1, 0.15) is 37.7 Å². The average molecular weight is 320 g/mol. The number of amides is 2. The Morgan fingerprint density at radius 3 is 2.86 bits per heavy atom. The molecule has 2 fully saturated rings. The Morgan fingerprint density at radius 1 is 1.32 bits per heavy atom. The van der Waals surface area contributed by atoms with Crippen molar-refractivity contribution in [2.24, 2.45) is 0 Å². The van der Waals surface area contributed by atoms with Crippen molar-refractivity contribution in [3.63, 3.8) is 0 Å². The highest BCUT2D eigenvalue weighted by molar-refractivity contribution is 7.99. The highest BCUT2D eigenvalue weighted by atomic mass is 32.2. The minimum atomic E-state index is -0.375. The lowest BCUT2D eigenvalue weighted by molar-refractivity contribution is 0.176. The van der Waals surface area contributed by atoms with Gasteiger partial charge in [-0.15, -0.1) is 0 Å². The highest BCUT2D eigenvalue weighted by Gasteiger charge is 2.24. The number of likely N-dealkylation sites (tertiary alicyclic amines) is 1. The van der Waals surface area contributed by atoms with Crippen LogP contribution in [0.3, 0.4) is 0 Å². The normalized spacial score (nSPS) is 22.2. The number of nitrogens with zero attached hydrogens (tertiary/aromatic N) is 1. The maximum Gasteiger partial charge on any atom is 0.321 e. The van der Waals surface area contributed by atoms with E-state index in [2.05, 4.69) is 17.4 Å². The second kappa shape index (κ2) is 7.38. The first-order valence-electron chi connectivity index (χ1n) is 8.15. The number of thioether (sulfide) groups is 1. The predicted molar refractivity (Wildman–Crippen MR) is 91.2 cm³/mol. The summed E-state index contributed by atoms with van der Waals surface area (Å²) in [5.41, 5.74) is 2.10. The van der Waals surface area contributed by atoms with Gasteiger partial charge in [-0.05, 0) is 37.0 Å². The molecule has 0 radical (unpaired) electrons. The standard InChI is InChI=1S/C17H24N2O2S/c20-15-8-9-19(11-15)17(21)18-14-5-3-4-13(10-14)12-22-16-6-1-2-7-16/h3-5,10,15-16,20H,1-2,6-9,11-12H2,(H,18,21)/t15-/m1/s1. The number of carbonyl (C=O) groups excluding carboxylic acids is 1. The third kappa shape index (κ3) is 4.17. The SMILES string of the molecule is O=C(Nc1cccc(CSC2CCCC2)c1)N1CC[C@@H](O)C1. The first-order valence-corrected chi connectivity index (χ1v) is 9.20. The summed E-state index contributed by atoms with van der Waals surface area (Å²) in [6.45, 7) is 1.06. The fourth-order valence-electron chi connectivity index (χ4n) is 3.14. The van der Waals surface area contributed by atoms with Crippen LogP contribution in [0.15, 0.2) is 24.3 Å². The summed E-state index contributed by atoms with van der Waals surface area (Å²) in [4.78, 5) is 13.8. The van der Waals surface area contributed by atoms with E-state index in [1.165, 1.54) is 31.2 Å². The molecule has 0 spiro atoms. The molecule has 2 aliphatic rings. The van der Waals surface area contributed by atoms with Crippen LogP contribution in [0.25, 0.3) is 0 Å². The van der Waals surface area contributed by atoms with Crippen LogP contribution in [0.2, 0.25) is 0 Å². The molecule has 1 aromatic rings. The summed E-state index contributed by atoms with van der Waals surface area (Å²) in [5, 5.41) is 13.3. The van der Waals surface area contributed by atoms with Crippen molar-refractivity contribution in [2.45, 2.75) is 49.2 Å². The van der Waals surface area contributed by atoms with Gasteiger partial charge in [0.05, 0.1) is 6.10 Å². The maximum absolute atomic E-state index is 12.1. The number of hydrogen-bond donors (Lipinski definition) is 2. The van der Waals surface area contributed by atoms with Gasteiger partial charge in [0.15, 0.2) is 0 Å². The number of anilines is 1. The maximum atomic E-state index is 12.1. The Kier molecular flexibility index (Phi) is 5.26. The van der Waals surface area contributed by atoms with Crippen molar-refractivity contribution < 1.29 is 9.90 Å². The van der Waals surface area contributed by atoms with Crippen LogP contribution in [0.5, 0.6) is 0 Å². The van der Waals surface area contributed by atoms with E-state index in [-0.39, 0.29) is 12.1 Å². The lowest BCUT2D eigenvalue weighted by Crippen LogP contribution is -2.33. The number of β-amino-alcohol motifs (C(OH)–C–C–N with tert-alkyl or cyclic N) is 1. The molecule has 1 saturated heterocycles. The lowest BCUT2D eigenvalue weighted by Gasteiger charge is -2.17. The summed E-state index contributed by atoms with van der Waals surface area (Å²) < 4.78 is 0. The predicted octanol–water partition coefficient (Wildman–Crippen LogP) is 3.46. The number of carbonyl (C=O) groups is 1. The van der Waals surface area contributed by atoms with Crippen molar-refractivity contribution in [3.8, 4) is 0 Å². The second-order valence-corrected chi connectivity index (χ2v) is 7.53. The Balaban J connectivity index is 1.53. The van der Waals surface area contributed by atoms with Crippen molar-refractivity contribution in [3.05, 3.63) is 29.8 Å². The molecule has 0 bridgehead atoms. The Morgan fingerprint density at radius 2 is 2.14 bits per heavy atom. The van der Waals surface area contributed by atoms with Gasteiger partial charge >= 0.3 is 6.03 Å². The molecule has 1 aromatic carbocycles. The van der Waals surface area contributed by atoms with Gasteiger partial charge in [0.25, 0.3) is 0 Å². The molecular formula is C17H24N2O2S. The van der Waals surface area contributed by atoms with Gasteiger partial charge in [0.2, 0.25) is 0 Å². The van der Waals surface area contributed by atoms with Crippen molar-refractivity contribution in [1.82, 2.24) is 4.90 Å². The smallest absolute Gasteiger partial charge is 0.321 e. The Hall–Kier alpha value is -1.20. The fourth-order valence-corrected chi connectivity index (χ4v) is 4.41. The molecule has 120 valence electrons. The average Bonchev–Trinajstić information content (AvgIpc) is 3.17. The molecule has 1 atom stereocenters. The fraction of sp³-hybridized carbons (Fsp3) is 0.588. The van der Waals surface area contributed by atoms with Gasteiger partial charge in [0, 0.05) is 29.8 Å². The van der Waals surface area contributed by atoms with E-state index in [9.17, 15) is 9.90 Å². The van der Waals surface area contributed by atoms with Gasteiger partial charge in [0.1, 0.15) is 0 Å². The zero-order chi connectivity index (χ0) is 15.4. The van der Waals surface area contributed by atoms with Gasteiger partial charge < -0.3 is 15.3 Å². The zero-order valence-electron chi connectivity index (χ0n) is 12.8. The number of urea groups is 1. The minimum absolute atomic E-state index is 0.114. The van der Waals surface area contributed by atoms with Crippen molar-refractivity contribution >= 4 is 23.5 Å². The van der Waals surface area contributed by atoms with Gasteiger partial charge in [-0.1, -0.05) is 25.0 Å². The molecule has 22 heavy (non-hydrogen) atoms. The molecule has 3 rings (SSSR count). The van der Waals surface area contributed by atoms with Gasteiger partial charge in [-0.25, -0.2) is 4.79 Å². The van der Waals surface area contributed by atoms with E-state index in [1.807, 2.05) is 23.9 Å². The summed E-state index contributed by atoms with van der Waals surface area (Å²) >= 11 is 2.03. The Labute approximate surface area is 136 Å². The highest BCUT2D eigenvalue weighted by Crippen LogP contribution is 2.31. The first kappa shape index (κ1) is 15.7. The molecule has 4 nitrogen and oxygen atoms in total. The van der Waals surface area contributed by atoms with Gasteiger partial charge in [-0.3, -0.25) is 0 Å². The molecule has 0 aromatic heterocycles. The van der Waals surface area contributed by atoms with Crippen molar-refractivity contribution in [1.29, 1.82) is 0 Å². The van der Waals surface area contributed by atoms with Crippen LogP contribution in [-0.4, -0.2) is 40.5 Å². The van der Waals surface area contributed by atoms with Crippen LogP contribution in [-0.2, 0) is 5.75 Å². The number of hydrogen-bond acceptors (Lipinski definition) is 3. The molecule has 2 amide bonds. The van der Waals surface area contributed by atoms with E-state index < -0.39 is 0 Å². The zero-order valence-corrected chi connectivity index (χ0v) is 13.6. The quantitative estimate of drug-likeness (QED) is 0.893. The molecule has 5 heteroatoms. The third-order valence-electron chi connectivity index (χ3n) is 4.42. The van der Waals surface area contributed by atoms with E-state index in [4.69, 9.17) is 0 Å². The van der Waals surface area contributed by atoms with E-state index >= 15 is 0 Å². The molecule has 2 N–H and O–H groups in total. The van der Waals surface area contributed by atoms with Crippen LogP contribution in [0.4, 0.5) is 10.5 Å². The van der Waals surface area contributed by atoms with Crippen molar-refractivity contribution in [2.75, 3.05) is 18.4 Å².